The molecule has 0 spiro atoms. The third kappa shape index (κ3) is 2.59. The molecule has 0 N–H and O–H groups in total. The lowest BCUT2D eigenvalue weighted by atomic mass is 9.52. The zero-order valence-corrected chi connectivity index (χ0v) is 16.7. The molecule has 3 nitrogen and oxygen atoms in total. The number of rotatable bonds is 3. The van der Waals surface area contributed by atoms with Gasteiger partial charge in [-0.2, -0.15) is 0 Å². The standard InChI is InChI=1S/C24H25ClN2O/c25-21-8-6-20(7-9-21)23-27(22(26-28-23)19-4-2-1-3-5-19)24-13-16-10-17(14-24)12-18(11-16)15-24/h1-9,16-18,23H,10-15H2/t16?,17?,18?,23-,24?/m0/s1. The van der Waals surface area contributed by atoms with Gasteiger partial charge in [-0.25, -0.2) is 0 Å². The van der Waals surface area contributed by atoms with E-state index in [1.807, 2.05) is 12.1 Å². The van der Waals surface area contributed by atoms with E-state index >= 15 is 0 Å². The van der Waals surface area contributed by atoms with Gasteiger partial charge in [-0.15, -0.1) is 0 Å². The molecule has 1 atom stereocenters. The van der Waals surface area contributed by atoms with Gasteiger partial charge in [-0.3, -0.25) is 0 Å². The summed E-state index contributed by atoms with van der Waals surface area (Å²) in [6, 6.07) is 18.6. The van der Waals surface area contributed by atoms with Gasteiger partial charge in [0, 0.05) is 21.7 Å². The maximum atomic E-state index is 6.15. The zero-order valence-electron chi connectivity index (χ0n) is 15.9. The van der Waals surface area contributed by atoms with Crippen molar-refractivity contribution in [2.75, 3.05) is 0 Å². The Morgan fingerprint density at radius 2 is 1.46 bits per heavy atom. The molecule has 1 aliphatic heterocycles. The molecule has 4 heteroatoms. The van der Waals surface area contributed by atoms with Crippen LogP contribution < -0.4 is 0 Å². The van der Waals surface area contributed by atoms with Crippen LogP contribution in [0, 0.1) is 17.8 Å². The first-order chi connectivity index (χ1) is 13.7. The molecule has 1 heterocycles. The molecule has 4 saturated carbocycles. The first-order valence-electron chi connectivity index (χ1n) is 10.5. The number of hydrogen-bond acceptors (Lipinski definition) is 3. The van der Waals surface area contributed by atoms with Gasteiger partial charge in [0.05, 0.1) is 0 Å². The molecule has 5 aliphatic rings. The molecule has 7 rings (SSSR count). The van der Waals surface area contributed by atoms with E-state index in [0.717, 1.165) is 39.7 Å². The summed E-state index contributed by atoms with van der Waals surface area (Å²) in [6.07, 6.45) is 7.95. The topological polar surface area (TPSA) is 24.8 Å². The van der Waals surface area contributed by atoms with E-state index in [1.165, 1.54) is 38.5 Å². The molecule has 2 aromatic carbocycles. The minimum atomic E-state index is -0.163. The summed E-state index contributed by atoms with van der Waals surface area (Å²) in [7, 11) is 0. The average Bonchev–Trinajstić information content (AvgIpc) is 3.14. The Balaban J connectivity index is 1.45. The molecule has 0 saturated heterocycles. The molecule has 0 unspecified atom stereocenters. The lowest BCUT2D eigenvalue weighted by Gasteiger charge is -2.60. The van der Waals surface area contributed by atoms with Crippen LogP contribution in [0.25, 0.3) is 0 Å². The fourth-order valence-electron chi connectivity index (χ4n) is 6.75. The first-order valence-corrected chi connectivity index (χ1v) is 10.9. The minimum absolute atomic E-state index is 0.163. The molecule has 144 valence electrons. The predicted octanol–water partition coefficient (Wildman–Crippen LogP) is 6.00. The maximum absolute atomic E-state index is 6.15. The van der Waals surface area contributed by atoms with E-state index in [1.54, 1.807) is 0 Å². The van der Waals surface area contributed by atoms with Crippen LogP contribution in [-0.4, -0.2) is 16.3 Å². The van der Waals surface area contributed by atoms with Crippen molar-refractivity contribution < 1.29 is 4.84 Å². The van der Waals surface area contributed by atoms with Crippen molar-refractivity contribution in [2.24, 2.45) is 22.9 Å². The van der Waals surface area contributed by atoms with Crippen molar-refractivity contribution in [3.05, 3.63) is 70.7 Å². The number of nitrogens with zero attached hydrogens (tertiary/aromatic N) is 2. The van der Waals surface area contributed by atoms with Crippen molar-refractivity contribution in [2.45, 2.75) is 50.3 Å². The van der Waals surface area contributed by atoms with E-state index in [9.17, 15) is 0 Å². The Morgan fingerprint density at radius 1 is 0.857 bits per heavy atom. The molecule has 4 aliphatic carbocycles. The van der Waals surface area contributed by atoms with Crippen LogP contribution in [0.5, 0.6) is 0 Å². The second-order valence-corrected chi connectivity index (χ2v) is 9.74. The van der Waals surface area contributed by atoms with Crippen molar-refractivity contribution in [1.82, 2.24) is 4.90 Å². The Kier molecular flexibility index (Phi) is 3.77. The van der Waals surface area contributed by atoms with Crippen LogP contribution >= 0.6 is 11.6 Å². The summed E-state index contributed by atoms with van der Waals surface area (Å²) in [5.41, 5.74) is 2.45. The van der Waals surface area contributed by atoms with Crippen molar-refractivity contribution in [3.8, 4) is 0 Å². The van der Waals surface area contributed by atoms with Gasteiger partial charge < -0.3 is 9.74 Å². The number of amidine groups is 1. The Hall–Kier alpha value is -2.00. The van der Waals surface area contributed by atoms with Crippen LogP contribution in [0.3, 0.4) is 0 Å². The lowest BCUT2D eigenvalue weighted by Crippen LogP contribution is -2.61. The third-order valence-electron chi connectivity index (χ3n) is 7.41. The average molecular weight is 393 g/mol. The predicted molar refractivity (Wildman–Crippen MR) is 111 cm³/mol. The van der Waals surface area contributed by atoms with Gasteiger partial charge in [0.1, 0.15) is 0 Å². The zero-order chi connectivity index (χ0) is 18.7. The highest BCUT2D eigenvalue weighted by molar-refractivity contribution is 6.30. The summed E-state index contributed by atoms with van der Waals surface area (Å²) in [5.74, 6) is 3.61. The SMILES string of the molecule is Clc1ccc([C@@H]2ON=C(c3ccccc3)N2C23CC4CC(CC(C4)C2)C3)cc1. The smallest absolute Gasteiger partial charge is 0.227 e. The van der Waals surface area contributed by atoms with E-state index < -0.39 is 0 Å². The number of halogens is 1. The highest BCUT2D eigenvalue weighted by Gasteiger charge is 2.57. The van der Waals surface area contributed by atoms with Crippen molar-refractivity contribution in [3.63, 3.8) is 0 Å². The fourth-order valence-corrected chi connectivity index (χ4v) is 6.88. The largest absolute Gasteiger partial charge is 0.363 e. The minimum Gasteiger partial charge on any atom is -0.363 e. The molecule has 0 amide bonds. The first kappa shape index (κ1) is 16.9. The number of hydrogen-bond donors (Lipinski definition) is 0. The molecule has 4 bridgehead atoms. The van der Waals surface area contributed by atoms with E-state index in [2.05, 4.69) is 52.5 Å². The quantitative estimate of drug-likeness (QED) is 0.639. The van der Waals surface area contributed by atoms with Gasteiger partial charge in [-0.1, -0.05) is 59.2 Å². The van der Waals surface area contributed by atoms with E-state index in [0.29, 0.717) is 0 Å². The van der Waals surface area contributed by atoms with Crippen molar-refractivity contribution in [1.29, 1.82) is 0 Å². The van der Waals surface area contributed by atoms with Crippen LogP contribution in [0.15, 0.2) is 59.8 Å². The second kappa shape index (κ2) is 6.25. The van der Waals surface area contributed by atoms with Gasteiger partial charge in [-0.05, 0) is 68.4 Å². The van der Waals surface area contributed by atoms with Gasteiger partial charge in [0.25, 0.3) is 0 Å². The maximum Gasteiger partial charge on any atom is 0.227 e. The molecule has 2 aromatic rings. The lowest BCUT2D eigenvalue weighted by molar-refractivity contribution is -0.116. The Labute approximate surface area is 171 Å². The number of oxime groups is 1. The van der Waals surface area contributed by atoms with Crippen LogP contribution in [0.4, 0.5) is 0 Å². The van der Waals surface area contributed by atoms with Gasteiger partial charge in [0.15, 0.2) is 5.84 Å². The fraction of sp³-hybridized carbons (Fsp3) is 0.458. The molecule has 4 fully saturated rings. The van der Waals surface area contributed by atoms with Crippen molar-refractivity contribution >= 4 is 17.4 Å². The van der Waals surface area contributed by atoms with E-state index in [-0.39, 0.29) is 11.8 Å². The monoisotopic (exact) mass is 392 g/mol. The molecular formula is C24H25ClN2O. The molecule has 0 radical (unpaired) electrons. The summed E-state index contributed by atoms with van der Waals surface area (Å²) in [4.78, 5) is 8.67. The third-order valence-corrected chi connectivity index (χ3v) is 7.66. The Morgan fingerprint density at radius 3 is 2.07 bits per heavy atom. The molecular weight excluding hydrogens is 368 g/mol. The highest BCUT2D eigenvalue weighted by atomic mass is 35.5. The normalized spacial score (nSPS) is 35.8. The molecule has 28 heavy (non-hydrogen) atoms. The summed E-state index contributed by atoms with van der Waals surface area (Å²) >= 11 is 6.15. The summed E-state index contributed by atoms with van der Waals surface area (Å²) in [5, 5.41) is 5.39. The highest BCUT2D eigenvalue weighted by Crippen LogP contribution is 2.60. The van der Waals surface area contributed by atoms with Gasteiger partial charge in [0.2, 0.25) is 6.23 Å². The van der Waals surface area contributed by atoms with Crippen LogP contribution in [-0.2, 0) is 4.84 Å². The second-order valence-electron chi connectivity index (χ2n) is 9.30. The molecule has 0 aromatic heterocycles. The summed E-state index contributed by atoms with van der Waals surface area (Å²) < 4.78 is 0. The van der Waals surface area contributed by atoms with E-state index in [4.69, 9.17) is 16.4 Å². The Bertz CT molecular complexity index is 873. The van der Waals surface area contributed by atoms with Gasteiger partial charge >= 0.3 is 0 Å². The van der Waals surface area contributed by atoms with Crippen LogP contribution in [0.2, 0.25) is 5.02 Å². The summed E-state index contributed by atoms with van der Waals surface area (Å²) in [6.45, 7) is 0. The van der Waals surface area contributed by atoms with Crippen LogP contribution in [0.1, 0.15) is 55.9 Å². The number of benzene rings is 2.